The Morgan fingerprint density at radius 3 is 0.894 bits per heavy atom. The molecule has 3 rings (SSSR count). The van der Waals surface area contributed by atoms with Gasteiger partial charge in [-0.15, -0.1) is 0 Å². The molecule has 104 heavy (non-hydrogen) atoms. The van der Waals surface area contributed by atoms with Crippen LogP contribution in [0.4, 0.5) is 0 Å². The molecule has 3 saturated heterocycles. The van der Waals surface area contributed by atoms with Gasteiger partial charge in [0.15, 0.2) is 18.9 Å². The summed E-state index contributed by atoms with van der Waals surface area (Å²) < 4.78 is 96.4. The lowest BCUT2D eigenvalue weighted by Crippen LogP contribution is -2.59. The number of aliphatic hydroxyl groups excluding tert-OH is 9. The van der Waals surface area contributed by atoms with E-state index in [0.29, 0.717) is 96.3 Å². The number of hydrogen-bond acceptors (Lipinski definition) is 30. The maximum absolute atomic E-state index is 12.8. The van der Waals surface area contributed by atoms with Crippen LogP contribution in [0.3, 0.4) is 0 Å². The number of carbonyl (C=O) groups is 6. The maximum atomic E-state index is 12.8. The van der Waals surface area contributed by atoms with E-state index in [-0.39, 0.29) is 181 Å². The topological polar surface area (TPSA) is 592 Å². The molecule has 2 amide bonds. The third kappa shape index (κ3) is 44.2. The van der Waals surface area contributed by atoms with Gasteiger partial charge in [0.1, 0.15) is 96.4 Å². The predicted molar refractivity (Wildman–Crippen MR) is 365 cm³/mol. The molecule has 0 saturated carbocycles. The Morgan fingerprint density at radius 1 is 0.337 bits per heavy atom. The molecule has 3 fully saturated rings. The molecule has 15 unspecified atom stereocenters. The fraction of sp³-hybridized carbons (Fsp3) is 0.905. The number of nitrogens with one attached hydrogen (secondary N) is 2. The van der Waals surface area contributed by atoms with Crippen LogP contribution in [0.1, 0.15) is 177 Å². The summed E-state index contributed by atoms with van der Waals surface area (Å²) in [6, 6.07) is 0. The van der Waals surface area contributed by atoms with E-state index < -0.39 is 141 Å². The molecule has 0 aromatic rings. The van der Waals surface area contributed by atoms with Crippen LogP contribution < -0.4 is 10.6 Å². The van der Waals surface area contributed by atoms with Crippen molar-refractivity contribution in [3.05, 3.63) is 0 Å². The van der Waals surface area contributed by atoms with Gasteiger partial charge in [-0.1, -0.05) is 42.0 Å². The van der Waals surface area contributed by atoms with Crippen molar-refractivity contribution < 1.29 is 174 Å². The van der Waals surface area contributed by atoms with E-state index in [1.54, 1.807) is 0 Å². The summed E-state index contributed by atoms with van der Waals surface area (Å²) in [6.45, 7) is 0.469. The number of phosphoric ester groups is 3. The zero-order valence-electron chi connectivity index (χ0n) is 56.9. The average molecular weight is 1580 g/mol. The summed E-state index contributed by atoms with van der Waals surface area (Å²) in [5, 5.41) is 96.8. The fourth-order valence-electron chi connectivity index (χ4n) is 10.4. The summed E-state index contributed by atoms with van der Waals surface area (Å²) in [7, 11) is -14.7. The highest BCUT2D eigenvalue weighted by atomic mass is 31.2. The van der Waals surface area contributed by atoms with Crippen LogP contribution >= 0.6 is 23.5 Å². The number of rotatable bonds is 58. The third-order valence-electron chi connectivity index (χ3n) is 16.3. The first-order valence-corrected chi connectivity index (χ1v) is 38.5. The molecule has 17 N–H and O–H groups in total. The van der Waals surface area contributed by atoms with Crippen molar-refractivity contribution in [3.63, 3.8) is 0 Å². The lowest BCUT2D eigenvalue weighted by molar-refractivity contribution is -0.300. The van der Waals surface area contributed by atoms with Crippen molar-refractivity contribution in [1.29, 1.82) is 0 Å². The Balaban J connectivity index is 0.0000354. The van der Waals surface area contributed by atoms with Crippen molar-refractivity contribution in [3.8, 4) is 0 Å². The zero-order chi connectivity index (χ0) is 75.2. The molecule has 0 radical (unpaired) electrons. The van der Waals surface area contributed by atoms with Crippen LogP contribution in [0.5, 0.6) is 0 Å². The zero-order valence-corrected chi connectivity index (χ0v) is 59.6. The minimum atomic E-state index is -4.91. The second-order valence-electron chi connectivity index (χ2n) is 25.4. The van der Waals surface area contributed by atoms with Crippen molar-refractivity contribution in [1.82, 2.24) is 10.6 Å². The number of unbranched alkanes of at least 4 members (excludes halogenated alkanes) is 7. The van der Waals surface area contributed by atoms with Gasteiger partial charge in [0.25, 0.3) is 0 Å². The molecular formula is C63H121N2O36P3. The summed E-state index contributed by atoms with van der Waals surface area (Å²) in [4.78, 5) is 129. The molecule has 614 valence electrons. The van der Waals surface area contributed by atoms with Crippen LogP contribution in [-0.2, 0) is 98.7 Å². The number of Topliss-reactive ketones (excluding diaryl/α,β-unsaturated/α-hetero) is 4. The monoisotopic (exact) mass is 1570 g/mol. The molecule has 3 aliphatic rings. The number of phosphoric acid groups is 3. The van der Waals surface area contributed by atoms with Gasteiger partial charge in [-0.3, -0.25) is 42.3 Å². The molecule has 3 aliphatic heterocycles. The van der Waals surface area contributed by atoms with E-state index in [1.165, 1.54) is 0 Å². The molecule has 15 atom stereocenters. The van der Waals surface area contributed by atoms with Crippen LogP contribution in [0.15, 0.2) is 0 Å². The average Bonchev–Trinajstić information content (AvgIpc) is 0.821. The molecule has 41 heteroatoms. The highest BCUT2D eigenvalue weighted by molar-refractivity contribution is 7.46. The number of aliphatic hydroxyl groups is 9. The molecule has 0 aromatic heterocycles. The summed E-state index contributed by atoms with van der Waals surface area (Å²) in [5.41, 5.74) is -0.778. The first kappa shape index (κ1) is 101. The Morgan fingerprint density at radius 2 is 0.596 bits per heavy atom. The van der Waals surface area contributed by atoms with Gasteiger partial charge in [0, 0.05) is 103 Å². The molecule has 0 bridgehead atoms. The standard InChI is InChI=1S/C60H109N2O36P3.3CH4/c1-60(36-87-30-22-41(65)17-6-2-4-15-39(63)19-8-11-27-90-57-54(75)51(72)48(69)43(96-57)33-93-99(78,79)80,37-88-31-23-42(66)18-7-3-5-16-40(64)20-9-12-28-91-58-55(76)52(73)49(70)44(97-58)34-94-100(81,82)83)38-89-32-24-47(68)62-26-14-25-61-46(67)21-10-13-29-92-59-56(77)53(74)50(71)45(98-59)35-95-101(84,85)86;;;/h43-45,48-59,69-77H,2-38H2,1H3,(H,61,67)(H,62,68)(H2,78,79,80)(H2,81,82,83)(H2,84,85,86);3*1H4. The van der Waals surface area contributed by atoms with Crippen molar-refractivity contribution >= 4 is 58.4 Å². The molecular weight excluding hydrogens is 1450 g/mol. The van der Waals surface area contributed by atoms with Crippen LogP contribution in [0, 0.1) is 5.41 Å². The van der Waals surface area contributed by atoms with Gasteiger partial charge in [0.05, 0.1) is 59.5 Å². The highest BCUT2D eigenvalue weighted by Gasteiger charge is 2.48. The van der Waals surface area contributed by atoms with E-state index in [4.69, 9.17) is 72.0 Å². The molecule has 0 aromatic carbocycles. The van der Waals surface area contributed by atoms with E-state index in [2.05, 4.69) is 24.2 Å². The van der Waals surface area contributed by atoms with E-state index >= 15 is 0 Å². The van der Waals surface area contributed by atoms with Gasteiger partial charge >= 0.3 is 23.5 Å². The van der Waals surface area contributed by atoms with E-state index in [0.717, 1.165) is 0 Å². The van der Waals surface area contributed by atoms with Crippen LogP contribution in [-0.4, -0.2) is 295 Å². The lowest BCUT2D eigenvalue weighted by atomic mass is 9.94. The summed E-state index contributed by atoms with van der Waals surface area (Å²) in [5.74, 6) is -0.666. The minimum absolute atomic E-state index is 0. The number of carbonyl (C=O) groups excluding carboxylic acids is 6. The van der Waals surface area contributed by atoms with Gasteiger partial charge in [-0.25, -0.2) is 13.7 Å². The number of amides is 2. The summed E-state index contributed by atoms with van der Waals surface area (Å²) >= 11 is 0. The highest BCUT2D eigenvalue weighted by Crippen LogP contribution is 2.39. The summed E-state index contributed by atoms with van der Waals surface area (Å²) in [6.07, 6.45) is -15.7. The van der Waals surface area contributed by atoms with Crippen LogP contribution in [0.25, 0.3) is 0 Å². The number of ether oxygens (including phenoxy) is 9. The maximum Gasteiger partial charge on any atom is 0.469 e. The van der Waals surface area contributed by atoms with Crippen molar-refractivity contribution in [2.75, 3.05) is 92.4 Å². The Labute approximate surface area is 607 Å². The Kier molecular flexibility index (Phi) is 52.5. The van der Waals surface area contributed by atoms with Gasteiger partial charge in [0.2, 0.25) is 11.8 Å². The molecule has 0 aliphatic carbocycles. The molecule has 0 spiro atoms. The fourth-order valence-corrected chi connectivity index (χ4v) is 11.4. The van der Waals surface area contributed by atoms with Crippen molar-refractivity contribution in [2.24, 2.45) is 5.41 Å². The van der Waals surface area contributed by atoms with Crippen LogP contribution in [0.2, 0.25) is 0 Å². The minimum Gasteiger partial charge on any atom is -0.387 e. The van der Waals surface area contributed by atoms with E-state index in [9.17, 15) is 88.4 Å². The smallest absolute Gasteiger partial charge is 0.387 e. The van der Waals surface area contributed by atoms with Crippen molar-refractivity contribution in [2.45, 2.75) is 269 Å². The third-order valence-corrected chi connectivity index (χ3v) is 17.7. The van der Waals surface area contributed by atoms with Gasteiger partial charge in [-0.2, -0.15) is 0 Å². The first-order valence-electron chi connectivity index (χ1n) is 34.0. The van der Waals surface area contributed by atoms with Gasteiger partial charge in [-0.05, 0) is 70.6 Å². The Bertz CT molecular complexity index is 2280. The first-order chi connectivity index (χ1) is 47.6. The number of hydrogen-bond donors (Lipinski definition) is 17. The second-order valence-corrected chi connectivity index (χ2v) is 29.2. The Hall–Kier alpha value is -2.77. The number of ketones is 4. The lowest BCUT2D eigenvalue weighted by Gasteiger charge is -2.40. The van der Waals surface area contributed by atoms with Gasteiger partial charge < -0.3 is 129 Å². The predicted octanol–water partition coefficient (Wildman–Crippen LogP) is 0.232. The van der Waals surface area contributed by atoms with E-state index in [1.807, 2.05) is 6.92 Å². The normalized spacial score (nSPS) is 25.7. The quantitative estimate of drug-likeness (QED) is 0.0286. The molecule has 3 heterocycles. The molecule has 38 nitrogen and oxygen atoms in total. The SMILES string of the molecule is C.C.C.CC(COCCC(=O)CCCCCC(=O)CCCCOC1OC(COP(=O)(O)O)C(O)C(O)C1O)(COCCC(=O)CCCCCC(=O)CCCCOC1OC(COP(=O)(O)O)C(O)C(O)C1O)COCCC(=O)NCCCNC(=O)CCCCOC1OC(COP(=O)(O)O)C(O)C(O)C1O. The largest absolute Gasteiger partial charge is 0.469 e. The second kappa shape index (κ2) is 54.0.